The fourth-order valence-corrected chi connectivity index (χ4v) is 3.53. The van der Waals surface area contributed by atoms with Gasteiger partial charge in [-0.25, -0.2) is 0 Å². The van der Waals surface area contributed by atoms with Crippen LogP contribution in [0.3, 0.4) is 0 Å². The molecule has 1 fully saturated rings. The summed E-state index contributed by atoms with van der Waals surface area (Å²) < 4.78 is 11.5. The minimum Gasteiger partial charge on any atom is -0.458 e. The van der Waals surface area contributed by atoms with Crippen LogP contribution >= 0.6 is 0 Å². The minimum absolute atomic E-state index is 0.0233. The molecule has 0 aromatic carbocycles. The van der Waals surface area contributed by atoms with E-state index in [0.717, 1.165) is 70.6 Å². The maximum absolute atomic E-state index is 12.4. The fraction of sp³-hybridized carbons (Fsp3) is 0.905. The van der Waals surface area contributed by atoms with Gasteiger partial charge in [0.2, 0.25) is 0 Å². The molecule has 0 N–H and O–H groups in total. The number of esters is 2. The molecule has 1 saturated carbocycles. The molecule has 146 valence electrons. The molecule has 0 amide bonds. The maximum Gasteiger partial charge on any atom is 0.309 e. The van der Waals surface area contributed by atoms with Gasteiger partial charge in [0.15, 0.2) is 0 Å². The molecule has 0 spiro atoms. The van der Waals surface area contributed by atoms with Gasteiger partial charge in [0.05, 0.1) is 11.8 Å². The van der Waals surface area contributed by atoms with Crippen LogP contribution in [-0.2, 0) is 19.1 Å². The van der Waals surface area contributed by atoms with Gasteiger partial charge in [-0.1, -0.05) is 53.4 Å². The third-order valence-corrected chi connectivity index (χ3v) is 5.39. The highest BCUT2D eigenvalue weighted by Gasteiger charge is 2.35. The van der Waals surface area contributed by atoms with Gasteiger partial charge in [-0.05, 0) is 44.9 Å². The van der Waals surface area contributed by atoms with Crippen LogP contribution < -0.4 is 0 Å². The SMILES string of the molecule is CCCCC(CC)C(=O)OC1CCCC1OC(=O)C(CC)CCCC. The molecule has 0 aromatic heterocycles. The van der Waals surface area contributed by atoms with E-state index in [1.54, 1.807) is 0 Å². The first-order valence-electron chi connectivity index (χ1n) is 10.5. The number of hydrogen-bond donors (Lipinski definition) is 0. The lowest BCUT2D eigenvalue weighted by molar-refractivity contribution is -0.171. The molecule has 0 heterocycles. The van der Waals surface area contributed by atoms with E-state index >= 15 is 0 Å². The zero-order valence-corrected chi connectivity index (χ0v) is 16.7. The molecule has 1 rings (SSSR count). The van der Waals surface area contributed by atoms with Crippen LogP contribution in [0.5, 0.6) is 0 Å². The molecule has 1 aliphatic rings. The van der Waals surface area contributed by atoms with Crippen molar-refractivity contribution in [3.05, 3.63) is 0 Å². The van der Waals surface area contributed by atoms with Crippen LogP contribution in [0.1, 0.15) is 98.3 Å². The van der Waals surface area contributed by atoms with Gasteiger partial charge >= 0.3 is 11.9 Å². The van der Waals surface area contributed by atoms with E-state index in [-0.39, 0.29) is 36.0 Å². The Hall–Kier alpha value is -1.06. The second-order valence-corrected chi connectivity index (χ2v) is 7.38. The fourth-order valence-electron chi connectivity index (χ4n) is 3.53. The zero-order chi connectivity index (χ0) is 18.7. The third-order valence-electron chi connectivity index (χ3n) is 5.39. The Kier molecular flexibility index (Phi) is 10.8. The second-order valence-electron chi connectivity index (χ2n) is 7.38. The Morgan fingerprint density at radius 1 is 0.800 bits per heavy atom. The zero-order valence-electron chi connectivity index (χ0n) is 16.7. The van der Waals surface area contributed by atoms with Gasteiger partial charge in [0.1, 0.15) is 12.2 Å². The molecule has 4 heteroatoms. The molecule has 0 aliphatic heterocycles. The van der Waals surface area contributed by atoms with Crippen LogP contribution in [-0.4, -0.2) is 24.1 Å². The molecular formula is C21H38O4. The summed E-state index contributed by atoms with van der Waals surface area (Å²) in [7, 11) is 0. The Bertz CT molecular complexity index is 357. The van der Waals surface area contributed by atoms with E-state index < -0.39 is 0 Å². The van der Waals surface area contributed by atoms with Gasteiger partial charge in [0.25, 0.3) is 0 Å². The van der Waals surface area contributed by atoms with E-state index in [4.69, 9.17) is 9.47 Å². The van der Waals surface area contributed by atoms with Gasteiger partial charge in [-0.15, -0.1) is 0 Å². The van der Waals surface area contributed by atoms with E-state index in [9.17, 15) is 9.59 Å². The molecular weight excluding hydrogens is 316 g/mol. The Labute approximate surface area is 154 Å². The first-order chi connectivity index (χ1) is 12.1. The van der Waals surface area contributed by atoms with Crippen molar-refractivity contribution in [3.8, 4) is 0 Å². The van der Waals surface area contributed by atoms with Gasteiger partial charge in [0, 0.05) is 0 Å². The van der Waals surface area contributed by atoms with Gasteiger partial charge in [-0.2, -0.15) is 0 Å². The van der Waals surface area contributed by atoms with Crippen molar-refractivity contribution in [2.24, 2.45) is 11.8 Å². The summed E-state index contributed by atoms with van der Waals surface area (Å²) in [6.07, 6.45) is 9.72. The summed E-state index contributed by atoms with van der Waals surface area (Å²) in [5, 5.41) is 0. The summed E-state index contributed by atoms with van der Waals surface area (Å²) in [4.78, 5) is 24.9. The maximum atomic E-state index is 12.4. The lowest BCUT2D eigenvalue weighted by Crippen LogP contribution is -2.34. The van der Waals surface area contributed by atoms with Crippen molar-refractivity contribution in [1.29, 1.82) is 0 Å². The number of ether oxygens (including phenoxy) is 2. The first-order valence-corrected chi connectivity index (χ1v) is 10.5. The average Bonchev–Trinajstić information content (AvgIpc) is 3.03. The van der Waals surface area contributed by atoms with E-state index in [0.29, 0.717) is 0 Å². The molecule has 0 bridgehead atoms. The van der Waals surface area contributed by atoms with Crippen molar-refractivity contribution < 1.29 is 19.1 Å². The molecule has 4 atom stereocenters. The smallest absolute Gasteiger partial charge is 0.309 e. The Morgan fingerprint density at radius 3 is 1.52 bits per heavy atom. The highest BCUT2D eigenvalue weighted by molar-refractivity contribution is 5.73. The predicted molar refractivity (Wildman–Crippen MR) is 100 cm³/mol. The quantitative estimate of drug-likeness (QED) is 0.439. The topological polar surface area (TPSA) is 52.6 Å². The molecule has 1 aliphatic carbocycles. The summed E-state index contributed by atoms with van der Waals surface area (Å²) in [6.45, 7) is 8.33. The van der Waals surface area contributed by atoms with Crippen LogP contribution in [0.25, 0.3) is 0 Å². The van der Waals surface area contributed by atoms with Crippen LogP contribution in [0.4, 0.5) is 0 Å². The molecule has 4 nitrogen and oxygen atoms in total. The van der Waals surface area contributed by atoms with Gasteiger partial charge in [-0.3, -0.25) is 9.59 Å². The average molecular weight is 355 g/mol. The van der Waals surface area contributed by atoms with Crippen LogP contribution in [0, 0.1) is 11.8 Å². The predicted octanol–water partition coefficient (Wildman–Crippen LogP) is 5.43. The highest BCUT2D eigenvalue weighted by atomic mass is 16.6. The van der Waals surface area contributed by atoms with Crippen molar-refractivity contribution in [3.63, 3.8) is 0 Å². The molecule has 0 aromatic rings. The largest absolute Gasteiger partial charge is 0.458 e. The van der Waals surface area contributed by atoms with Crippen molar-refractivity contribution in [1.82, 2.24) is 0 Å². The number of carbonyl (C=O) groups is 2. The molecule has 4 unspecified atom stereocenters. The van der Waals surface area contributed by atoms with E-state index in [1.807, 2.05) is 13.8 Å². The number of carbonyl (C=O) groups excluding carboxylic acids is 2. The number of rotatable bonds is 12. The molecule has 0 saturated heterocycles. The van der Waals surface area contributed by atoms with E-state index in [2.05, 4.69) is 13.8 Å². The van der Waals surface area contributed by atoms with Crippen LogP contribution in [0.15, 0.2) is 0 Å². The first kappa shape index (κ1) is 22.0. The lowest BCUT2D eigenvalue weighted by Gasteiger charge is -2.24. The minimum atomic E-state index is -0.254. The summed E-state index contributed by atoms with van der Waals surface area (Å²) in [5.74, 6) is -0.265. The second kappa shape index (κ2) is 12.3. The van der Waals surface area contributed by atoms with Crippen LogP contribution in [0.2, 0.25) is 0 Å². The molecule has 25 heavy (non-hydrogen) atoms. The third kappa shape index (κ3) is 7.37. The number of unbranched alkanes of at least 4 members (excludes halogenated alkanes) is 2. The van der Waals surface area contributed by atoms with Gasteiger partial charge < -0.3 is 9.47 Å². The Balaban J connectivity index is 2.54. The van der Waals surface area contributed by atoms with Crippen molar-refractivity contribution in [2.75, 3.05) is 0 Å². The number of hydrogen-bond acceptors (Lipinski definition) is 4. The molecule has 0 radical (unpaired) electrons. The highest BCUT2D eigenvalue weighted by Crippen LogP contribution is 2.28. The normalized spacial score (nSPS) is 22.4. The summed E-state index contributed by atoms with van der Waals surface area (Å²) in [6, 6.07) is 0. The summed E-state index contributed by atoms with van der Waals surface area (Å²) >= 11 is 0. The standard InChI is InChI=1S/C21H38O4/c1-5-9-12-16(7-3)20(22)24-18-14-11-15-19(18)25-21(23)17(8-4)13-10-6-2/h16-19H,5-15H2,1-4H3. The van der Waals surface area contributed by atoms with Crippen molar-refractivity contribution >= 4 is 11.9 Å². The van der Waals surface area contributed by atoms with Crippen molar-refractivity contribution in [2.45, 2.75) is 111 Å². The lowest BCUT2D eigenvalue weighted by atomic mass is 9.99. The Morgan fingerprint density at radius 2 is 1.20 bits per heavy atom. The summed E-state index contributed by atoms with van der Waals surface area (Å²) in [5.41, 5.74) is 0. The monoisotopic (exact) mass is 354 g/mol. The van der Waals surface area contributed by atoms with E-state index in [1.165, 1.54) is 0 Å².